The number of hydrazone groups is 1. The summed E-state index contributed by atoms with van der Waals surface area (Å²) in [5, 5.41) is 19.2. The lowest BCUT2D eigenvalue weighted by molar-refractivity contribution is -0.153. The third kappa shape index (κ3) is 4.85. The number of nitrogens with one attached hydrogen (secondary N) is 2. The zero-order valence-corrected chi connectivity index (χ0v) is 10.0. The maximum atomic E-state index is 12.1. The maximum Gasteiger partial charge on any atom is 0.422 e. The van der Waals surface area contributed by atoms with E-state index in [1.165, 1.54) is 24.3 Å². The summed E-state index contributed by atoms with van der Waals surface area (Å²) in [6.07, 6.45) is -4.46. The monoisotopic (exact) mass is 285 g/mol. The maximum absolute atomic E-state index is 12.1. The van der Waals surface area contributed by atoms with Crippen LogP contribution in [0.15, 0.2) is 29.4 Å². The van der Waals surface area contributed by atoms with Gasteiger partial charge in [0.05, 0.1) is 5.69 Å². The summed E-state index contributed by atoms with van der Waals surface area (Å²) in [6, 6.07) is 7.30. The first-order valence-electron chi connectivity index (χ1n) is 5.20. The Hall–Kier alpha value is -2.76. The number of para-hydroxylation sites is 2. The fraction of sp³-hybridized carbons (Fsp3) is 0.182. The fourth-order valence-corrected chi connectivity index (χ4v) is 1.11. The SMILES string of the molecule is N#C/C(=N\Nc1ccccc1OCC(F)(F)F)C(=N)N. The van der Waals surface area contributed by atoms with Crippen LogP contribution in [-0.2, 0) is 0 Å². The number of benzene rings is 1. The van der Waals surface area contributed by atoms with Gasteiger partial charge in [-0.05, 0) is 12.1 Å². The van der Waals surface area contributed by atoms with Gasteiger partial charge in [-0.1, -0.05) is 12.1 Å². The minimum absolute atomic E-state index is 0.0885. The van der Waals surface area contributed by atoms with Gasteiger partial charge >= 0.3 is 6.18 Å². The second-order valence-corrected chi connectivity index (χ2v) is 3.50. The first kappa shape index (κ1) is 15.3. The molecule has 0 aliphatic rings. The van der Waals surface area contributed by atoms with Crippen molar-refractivity contribution >= 4 is 17.2 Å². The molecule has 0 aliphatic heterocycles. The number of halogens is 3. The quantitative estimate of drug-likeness (QED) is 0.436. The molecule has 4 N–H and O–H groups in total. The standard InChI is InChI=1S/C11H10F3N5O/c12-11(13,14)6-20-9-4-2-1-3-7(9)18-19-8(5-15)10(16)17/h1-4,18H,6H2,(H3,16,17)/b19-8+. The predicted octanol–water partition coefficient (Wildman–Crippen LogP) is 1.86. The Labute approximate surface area is 112 Å². The molecular weight excluding hydrogens is 275 g/mol. The third-order valence-electron chi connectivity index (χ3n) is 1.93. The Kier molecular flexibility index (Phi) is 4.91. The first-order chi connectivity index (χ1) is 9.33. The first-order valence-corrected chi connectivity index (χ1v) is 5.20. The Morgan fingerprint density at radius 1 is 1.45 bits per heavy atom. The molecule has 0 saturated heterocycles. The smallest absolute Gasteiger partial charge is 0.422 e. The molecule has 0 aromatic heterocycles. The number of hydrogen-bond donors (Lipinski definition) is 3. The molecule has 20 heavy (non-hydrogen) atoms. The molecule has 0 spiro atoms. The van der Waals surface area contributed by atoms with Crippen LogP contribution in [0.25, 0.3) is 0 Å². The molecule has 0 unspecified atom stereocenters. The second-order valence-electron chi connectivity index (χ2n) is 3.50. The van der Waals surface area contributed by atoms with Crippen LogP contribution in [0, 0.1) is 16.7 Å². The Bertz CT molecular complexity index is 562. The Morgan fingerprint density at radius 2 is 2.10 bits per heavy atom. The zero-order valence-electron chi connectivity index (χ0n) is 10.0. The van der Waals surface area contributed by atoms with E-state index in [4.69, 9.17) is 16.4 Å². The summed E-state index contributed by atoms with van der Waals surface area (Å²) in [7, 11) is 0. The van der Waals surface area contributed by atoms with Crippen molar-refractivity contribution in [2.45, 2.75) is 6.18 Å². The number of nitriles is 1. The number of alkyl halides is 3. The van der Waals surface area contributed by atoms with E-state index in [0.717, 1.165) is 0 Å². The number of nitrogens with two attached hydrogens (primary N) is 1. The van der Waals surface area contributed by atoms with Gasteiger partial charge in [0.1, 0.15) is 11.8 Å². The van der Waals surface area contributed by atoms with E-state index in [1.54, 1.807) is 6.07 Å². The van der Waals surface area contributed by atoms with Gasteiger partial charge in [-0.25, -0.2) is 0 Å². The molecule has 0 radical (unpaired) electrons. The summed E-state index contributed by atoms with van der Waals surface area (Å²) in [6.45, 7) is -1.45. The van der Waals surface area contributed by atoms with Crippen LogP contribution in [0.5, 0.6) is 5.75 Å². The van der Waals surface area contributed by atoms with Crippen molar-refractivity contribution < 1.29 is 17.9 Å². The summed E-state index contributed by atoms with van der Waals surface area (Å²) in [4.78, 5) is 0. The summed E-state index contributed by atoms with van der Waals surface area (Å²) in [5.41, 5.74) is 7.13. The lowest BCUT2D eigenvalue weighted by atomic mass is 10.3. The largest absolute Gasteiger partial charge is 0.482 e. The molecule has 0 fully saturated rings. The van der Waals surface area contributed by atoms with Gasteiger partial charge in [0, 0.05) is 0 Å². The van der Waals surface area contributed by atoms with Crippen molar-refractivity contribution in [3.8, 4) is 11.8 Å². The number of ether oxygens (including phenoxy) is 1. The lowest BCUT2D eigenvalue weighted by Crippen LogP contribution is -2.22. The van der Waals surface area contributed by atoms with E-state index < -0.39 is 24.3 Å². The van der Waals surface area contributed by atoms with Crippen LogP contribution in [0.2, 0.25) is 0 Å². The van der Waals surface area contributed by atoms with Crippen LogP contribution in [0.4, 0.5) is 18.9 Å². The number of hydrogen-bond acceptors (Lipinski definition) is 5. The average molecular weight is 285 g/mol. The van der Waals surface area contributed by atoms with Gasteiger partial charge < -0.3 is 10.5 Å². The lowest BCUT2D eigenvalue weighted by Gasteiger charge is -2.12. The highest BCUT2D eigenvalue weighted by Gasteiger charge is 2.28. The van der Waals surface area contributed by atoms with Crippen molar-refractivity contribution in [3.05, 3.63) is 24.3 Å². The highest BCUT2D eigenvalue weighted by Crippen LogP contribution is 2.26. The van der Waals surface area contributed by atoms with E-state index in [0.29, 0.717) is 0 Å². The van der Waals surface area contributed by atoms with Gasteiger partial charge in [-0.2, -0.15) is 23.5 Å². The highest BCUT2D eigenvalue weighted by atomic mass is 19.4. The summed E-state index contributed by atoms with van der Waals surface area (Å²) in [5.74, 6) is -0.650. The molecule has 0 atom stereocenters. The molecular formula is C11H10F3N5O. The minimum atomic E-state index is -4.46. The second kappa shape index (κ2) is 6.42. The highest BCUT2D eigenvalue weighted by molar-refractivity contribution is 6.45. The van der Waals surface area contributed by atoms with Crippen molar-refractivity contribution in [1.82, 2.24) is 0 Å². The van der Waals surface area contributed by atoms with Gasteiger partial charge in [0.15, 0.2) is 12.4 Å². The van der Waals surface area contributed by atoms with Crippen LogP contribution in [-0.4, -0.2) is 24.3 Å². The number of nitrogens with zero attached hydrogens (tertiary/aromatic N) is 2. The Balaban J connectivity index is 2.86. The van der Waals surface area contributed by atoms with Crippen LogP contribution in [0.3, 0.4) is 0 Å². The van der Waals surface area contributed by atoms with Crippen molar-refractivity contribution in [2.24, 2.45) is 10.8 Å². The molecule has 106 valence electrons. The molecule has 1 aromatic carbocycles. The molecule has 1 rings (SSSR count). The van der Waals surface area contributed by atoms with Gasteiger partial charge in [-0.3, -0.25) is 10.8 Å². The van der Waals surface area contributed by atoms with Gasteiger partial charge in [0.25, 0.3) is 0 Å². The van der Waals surface area contributed by atoms with Gasteiger partial charge in [-0.15, -0.1) is 0 Å². The van der Waals surface area contributed by atoms with Crippen LogP contribution < -0.4 is 15.9 Å². The Morgan fingerprint density at radius 3 is 2.65 bits per heavy atom. The molecule has 9 heteroatoms. The minimum Gasteiger partial charge on any atom is -0.482 e. The number of anilines is 1. The normalized spacial score (nSPS) is 11.6. The molecule has 0 saturated carbocycles. The molecule has 6 nitrogen and oxygen atoms in total. The molecule has 0 aliphatic carbocycles. The third-order valence-corrected chi connectivity index (χ3v) is 1.93. The molecule has 1 aromatic rings. The van der Waals surface area contributed by atoms with E-state index >= 15 is 0 Å². The predicted molar refractivity (Wildman–Crippen MR) is 66.6 cm³/mol. The summed E-state index contributed by atoms with van der Waals surface area (Å²) >= 11 is 0. The molecule has 0 bridgehead atoms. The van der Waals surface area contributed by atoms with Gasteiger partial charge in [0.2, 0.25) is 5.71 Å². The van der Waals surface area contributed by atoms with Crippen molar-refractivity contribution in [3.63, 3.8) is 0 Å². The number of rotatable bonds is 5. The van der Waals surface area contributed by atoms with Crippen molar-refractivity contribution in [1.29, 1.82) is 10.7 Å². The topological polar surface area (TPSA) is 107 Å². The van der Waals surface area contributed by atoms with E-state index in [1.807, 2.05) is 0 Å². The van der Waals surface area contributed by atoms with Crippen molar-refractivity contribution in [2.75, 3.05) is 12.0 Å². The number of amidine groups is 1. The molecule has 0 heterocycles. The molecule has 0 amide bonds. The van der Waals surface area contributed by atoms with Crippen LogP contribution >= 0.6 is 0 Å². The van der Waals surface area contributed by atoms with Crippen LogP contribution in [0.1, 0.15) is 0 Å². The van der Waals surface area contributed by atoms with E-state index in [-0.39, 0.29) is 11.4 Å². The van der Waals surface area contributed by atoms with E-state index in [2.05, 4.69) is 15.3 Å². The van der Waals surface area contributed by atoms with E-state index in [9.17, 15) is 13.2 Å². The summed E-state index contributed by atoms with van der Waals surface area (Å²) < 4.78 is 40.9. The average Bonchev–Trinajstić information content (AvgIpc) is 2.37. The zero-order chi connectivity index (χ0) is 15.2. The fourth-order valence-electron chi connectivity index (χ4n) is 1.11.